The maximum atomic E-state index is 12.4. The molecule has 2 aromatic rings. The monoisotopic (exact) mass is 340 g/mol. The Morgan fingerprint density at radius 1 is 1.20 bits per heavy atom. The van der Waals surface area contributed by atoms with Gasteiger partial charge in [-0.1, -0.05) is 18.2 Å². The summed E-state index contributed by atoms with van der Waals surface area (Å²) < 4.78 is 10.7. The molecule has 5 nitrogen and oxygen atoms in total. The third kappa shape index (κ3) is 4.31. The molecule has 3 rings (SSSR count). The first-order valence-electron chi connectivity index (χ1n) is 8.52. The van der Waals surface area contributed by atoms with Crippen LogP contribution in [0.5, 0.6) is 5.75 Å². The molecule has 1 amide bonds. The number of amides is 1. The third-order valence-electron chi connectivity index (χ3n) is 4.40. The summed E-state index contributed by atoms with van der Waals surface area (Å²) >= 11 is 0. The molecule has 0 radical (unpaired) electrons. The van der Waals surface area contributed by atoms with Gasteiger partial charge in [-0.15, -0.1) is 0 Å². The van der Waals surface area contributed by atoms with Gasteiger partial charge in [-0.05, 0) is 36.8 Å². The molecule has 0 spiro atoms. The first-order chi connectivity index (χ1) is 12.2. The number of ether oxygens (including phenoxy) is 2. The van der Waals surface area contributed by atoms with Gasteiger partial charge in [-0.25, -0.2) is 0 Å². The third-order valence-corrected chi connectivity index (χ3v) is 4.40. The van der Waals surface area contributed by atoms with Crippen molar-refractivity contribution in [2.45, 2.75) is 13.3 Å². The van der Waals surface area contributed by atoms with Crippen LogP contribution in [-0.4, -0.2) is 39.3 Å². The number of carbonyl (C=O) groups is 1. The lowest BCUT2D eigenvalue weighted by Gasteiger charge is -2.29. The maximum absolute atomic E-state index is 12.4. The normalized spacial score (nSPS) is 14.2. The fourth-order valence-electron chi connectivity index (χ4n) is 3.02. The number of para-hydroxylation sites is 1. The number of methoxy groups -OCH3 is 1. The number of nitrogens with zero attached hydrogens (tertiary/aromatic N) is 1. The van der Waals surface area contributed by atoms with E-state index in [0.717, 1.165) is 48.9 Å². The largest absolute Gasteiger partial charge is 0.496 e. The fourth-order valence-corrected chi connectivity index (χ4v) is 3.02. The van der Waals surface area contributed by atoms with Crippen LogP contribution in [0.15, 0.2) is 42.5 Å². The van der Waals surface area contributed by atoms with E-state index in [1.165, 1.54) is 5.69 Å². The first-order valence-corrected chi connectivity index (χ1v) is 8.52. The average Bonchev–Trinajstić information content (AvgIpc) is 2.64. The Morgan fingerprint density at radius 3 is 2.68 bits per heavy atom. The lowest BCUT2D eigenvalue weighted by molar-refractivity contribution is -0.115. The quantitative estimate of drug-likeness (QED) is 0.909. The van der Waals surface area contributed by atoms with Gasteiger partial charge < -0.3 is 19.7 Å². The summed E-state index contributed by atoms with van der Waals surface area (Å²) in [6, 6.07) is 13.7. The maximum Gasteiger partial charge on any atom is 0.228 e. The number of rotatable bonds is 5. The number of benzene rings is 2. The molecule has 0 unspecified atom stereocenters. The Hall–Kier alpha value is -2.53. The molecule has 2 aromatic carbocycles. The van der Waals surface area contributed by atoms with Crippen LogP contribution in [0.4, 0.5) is 11.4 Å². The summed E-state index contributed by atoms with van der Waals surface area (Å²) in [4.78, 5) is 14.7. The lowest BCUT2D eigenvalue weighted by atomic mass is 10.1. The minimum atomic E-state index is -0.0493. The smallest absolute Gasteiger partial charge is 0.228 e. The molecule has 1 N–H and O–H groups in total. The van der Waals surface area contributed by atoms with Gasteiger partial charge in [0.2, 0.25) is 5.91 Å². The summed E-state index contributed by atoms with van der Waals surface area (Å²) in [6.07, 6.45) is 0.286. The topological polar surface area (TPSA) is 50.8 Å². The lowest BCUT2D eigenvalue weighted by Crippen LogP contribution is -2.36. The zero-order chi connectivity index (χ0) is 17.6. The zero-order valence-electron chi connectivity index (χ0n) is 14.7. The van der Waals surface area contributed by atoms with Crippen molar-refractivity contribution in [3.63, 3.8) is 0 Å². The first kappa shape index (κ1) is 17.3. The standard InChI is InChI=1S/C20H24N2O3/c1-15-13-17(22-9-11-25-12-10-22)7-8-18(15)21-20(23)14-16-5-3-4-6-19(16)24-2/h3-8,13H,9-12,14H2,1-2H3,(H,21,23). The van der Waals surface area contributed by atoms with Gasteiger partial charge in [-0.2, -0.15) is 0 Å². The highest BCUT2D eigenvalue weighted by Crippen LogP contribution is 2.24. The Labute approximate surface area is 148 Å². The fraction of sp³-hybridized carbons (Fsp3) is 0.350. The molecule has 25 heavy (non-hydrogen) atoms. The average molecular weight is 340 g/mol. The Kier molecular flexibility index (Phi) is 5.56. The minimum Gasteiger partial charge on any atom is -0.496 e. The number of hydrogen-bond donors (Lipinski definition) is 1. The molecule has 0 atom stereocenters. The SMILES string of the molecule is COc1ccccc1CC(=O)Nc1ccc(N2CCOCC2)cc1C. The molecule has 0 saturated carbocycles. The molecular formula is C20H24N2O3. The van der Waals surface area contributed by atoms with Gasteiger partial charge in [0.1, 0.15) is 5.75 Å². The second kappa shape index (κ2) is 8.03. The predicted octanol–water partition coefficient (Wildman–Crippen LogP) is 3.02. The predicted molar refractivity (Wildman–Crippen MR) is 99.5 cm³/mol. The van der Waals surface area contributed by atoms with Crippen LogP contribution in [-0.2, 0) is 16.0 Å². The van der Waals surface area contributed by atoms with Crippen molar-refractivity contribution in [1.29, 1.82) is 0 Å². The van der Waals surface area contributed by atoms with E-state index in [1.54, 1.807) is 7.11 Å². The number of nitrogens with one attached hydrogen (secondary N) is 1. The molecule has 0 aromatic heterocycles. The zero-order valence-corrected chi connectivity index (χ0v) is 14.7. The van der Waals surface area contributed by atoms with Crippen molar-refractivity contribution in [3.05, 3.63) is 53.6 Å². The van der Waals surface area contributed by atoms with Gasteiger partial charge in [-0.3, -0.25) is 4.79 Å². The van der Waals surface area contributed by atoms with Crippen molar-refractivity contribution in [1.82, 2.24) is 0 Å². The van der Waals surface area contributed by atoms with Crippen LogP contribution >= 0.6 is 0 Å². The molecule has 0 bridgehead atoms. The highest BCUT2D eigenvalue weighted by atomic mass is 16.5. The van der Waals surface area contributed by atoms with Crippen molar-refractivity contribution < 1.29 is 14.3 Å². The van der Waals surface area contributed by atoms with Crippen LogP contribution in [0, 0.1) is 6.92 Å². The Bertz CT molecular complexity index is 739. The number of morpholine rings is 1. The van der Waals surface area contributed by atoms with E-state index in [4.69, 9.17) is 9.47 Å². The van der Waals surface area contributed by atoms with Gasteiger partial charge in [0.25, 0.3) is 0 Å². The van der Waals surface area contributed by atoms with Gasteiger partial charge in [0.15, 0.2) is 0 Å². The van der Waals surface area contributed by atoms with E-state index in [-0.39, 0.29) is 12.3 Å². The van der Waals surface area contributed by atoms with E-state index in [1.807, 2.05) is 37.3 Å². The van der Waals surface area contributed by atoms with E-state index < -0.39 is 0 Å². The summed E-state index contributed by atoms with van der Waals surface area (Å²) in [6.45, 7) is 5.34. The summed E-state index contributed by atoms with van der Waals surface area (Å²) in [5.74, 6) is 0.684. The number of aryl methyl sites for hydroxylation is 1. The van der Waals surface area contributed by atoms with Crippen molar-refractivity contribution in [2.75, 3.05) is 43.6 Å². The molecule has 0 aliphatic carbocycles. The van der Waals surface area contributed by atoms with Crippen LogP contribution < -0.4 is 15.0 Å². The Balaban J connectivity index is 1.67. The van der Waals surface area contributed by atoms with E-state index in [2.05, 4.69) is 22.3 Å². The van der Waals surface area contributed by atoms with Crippen molar-refractivity contribution in [2.24, 2.45) is 0 Å². The van der Waals surface area contributed by atoms with Gasteiger partial charge in [0.05, 0.1) is 26.7 Å². The summed E-state index contributed by atoms with van der Waals surface area (Å²) in [7, 11) is 1.62. The van der Waals surface area contributed by atoms with Crippen LogP contribution in [0.2, 0.25) is 0 Å². The Morgan fingerprint density at radius 2 is 1.96 bits per heavy atom. The molecule has 1 aliphatic heterocycles. The molecule has 5 heteroatoms. The number of anilines is 2. The molecular weight excluding hydrogens is 316 g/mol. The van der Waals surface area contributed by atoms with Gasteiger partial charge in [0, 0.05) is 30.0 Å². The molecule has 1 heterocycles. The highest BCUT2D eigenvalue weighted by Gasteiger charge is 2.13. The van der Waals surface area contributed by atoms with E-state index in [0.29, 0.717) is 0 Å². The minimum absolute atomic E-state index is 0.0493. The summed E-state index contributed by atoms with van der Waals surface area (Å²) in [5, 5.41) is 3.00. The van der Waals surface area contributed by atoms with E-state index >= 15 is 0 Å². The highest BCUT2D eigenvalue weighted by molar-refractivity contribution is 5.93. The molecule has 1 saturated heterocycles. The van der Waals surface area contributed by atoms with Crippen LogP contribution in [0.1, 0.15) is 11.1 Å². The van der Waals surface area contributed by atoms with Crippen molar-refractivity contribution in [3.8, 4) is 5.75 Å². The second-order valence-corrected chi connectivity index (χ2v) is 6.14. The number of hydrogen-bond acceptors (Lipinski definition) is 4. The second-order valence-electron chi connectivity index (χ2n) is 6.14. The van der Waals surface area contributed by atoms with Crippen LogP contribution in [0.25, 0.3) is 0 Å². The summed E-state index contributed by atoms with van der Waals surface area (Å²) in [5.41, 5.74) is 3.95. The van der Waals surface area contributed by atoms with E-state index in [9.17, 15) is 4.79 Å². The van der Waals surface area contributed by atoms with Crippen LogP contribution in [0.3, 0.4) is 0 Å². The number of carbonyl (C=O) groups excluding carboxylic acids is 1. The molecule has 132 valence electrons. The molecule has 1 fully saturated rings. The molecule has 1 aliphatic rings. The van der Waals surface area contributed by atoms with Gasteiger partial charge >= 0.3 is 0 Å². The van der Waals surface area contributed by atoms with Crippen molar-refractivity contribution >= 4 is 17.3 Å².